The molecule has 0 amide bonds. The Morgan fingerprint density at radius 3 is 2.21 bits per heavy atom. The maximum absolute atomic E-state index is 10.7. The summed E-state index contributed by atoms with van der Waals surface area (Å²) < 4.78 is 63.7. The van der Waals surface area contributed by atoms with Crippen LogP contribution in [0, 0.1) is 0 Å². The number of hydrogen-bond acceptors (Lipinski definition) is 4. The minimum atomic E-state index is -6.09. The normalized spacial score (nSPS) is 14.9. The van der Waals surface area contributed by atoms with Crippen LogP contribution in [0.15, 0.2) is 85.1 Å². The third-order valence-electron chi connectivity index (χ3n) is 6.80. The van der Waals surface area contributed by atoms with E-state index in [1.807, 2.05) is 0 Å². The van der Waals surface area contributed by atoms with Crippen LogP contribution in [0.4, 0.5) is 19.0 Å². The van der Waals surface area contributed by atoms with Crippen LogP contribution in [0.5, 0.6) is 0 Å². The lowest BCUT2D eigenvalue weighted by Gasteiger charge is -2.20. The van der Waals surface area contributed by atoms with Gasteiger partial charge in [0.05, 0.1) is 12.2 Å². The Morgan fingerprint density at radius 2 is 1.53 bits per heavy atom. The molecule has 10 heteroatoms. The van der Waals surface area contributed by atoms with Crippen LogP contribution >= 0.6 is 0 Å². The Morgan fingerprint density at radius 1 is 0.895 bits per heavy atom. The molecule has 0 unspecified atom stereocenters. The molecule has 3 aromatic heterocycles. The van der Waals surface area contributed by atoms with Crippen molar-refractivity contribution < 1.29 is 30.5 Å². The Balaban J connectivity index is 0.000000323. The van der Waals surface area contributed by atoms with Gasteiger partial charge in [-0.3, -0.25) is 5.32 Å². The minimum absolute atomic E-state index is 0.542. The molecule has 0 radical (unpaired) electrons. The largest absolute Gasteiger partial charge is 0.741 e. The molecule has 1 aliphatic rings. The van der Waals surface area contributed by atoms with E-state index in [-0.39, 0.29) is 0 Å². The summed E-state index contributed by atoms with van der Waals surface area (Å²) in [6.07, 6.45) is 8.70. The van der Waals surface area contributed by atoms with Crippen molar-refractivity contribution in [3.8, 4) is 11.3 Å². The predicted molar refractivity (Wildman–Crippen MR) is 140 cm³/mol. The third kappa shape index (κ3) is 5.06. The molecular formula is C28H26F3N3O3S. The van der Waals surface area contributed by atoms with E-state index >= 15 is 0 Å². The van der Waals surface area contributed by atoms with Crippen molar-refractivity contribution in [3.63, 3.8) is 0 Å². The first kappa shape index (κ1) is 26.0. The summed E-state index contributed by atoms with van der Waals surface area (Å²) in [7, 11) is -6.09. The number of alkyl halides is 3. The van der Waals surface area contributed by atoms with Gasteiger partial charge in [0.15, 0.2) is 15.6 Å². The van der Waals surface area contributed by atoms with E-state index in [4.69, 9.17) is 13.0 Å². The fraction of sp³-hybridized carbons (Fsp3) is 0.250. The monoisotopic (exact) mass is 541 g/mol. The number of aromatic nitrogens is 2. The lowest BCUT2D eigenvalue weighted by atomic mass is 9.95. The molecular weight excluding hydrogens is 515 g/mol. The zero-order chi connectivity index (χ0) is 26.9. The van der Waals surface area contributed by atoms with Gasteiger partial charge in [-0.2, -0.15) is 13.2 Å². The van der Waals surface area contributed by atoms with Crippen molar-refractivity contribution >= 4 is 37.9 Å². The van der Waals surface area contributed by atoms with E-state index < -0.39 is 15.6 Å². The fourth-order valence-corrected chi connectivity index (χ4v) is 5.08. The van der Waals surface area contributed by atoms with Gasteiger partial charge in [-0.1, -0.05) is 79.9 Å². The zero-order valence-corrected chi connectivity index (χ0v) is 21.2. The quantitative estimate of drug-likeness (QED) is 0.165. The zero-order valence-electron chi connectivity index (χ0n) is 20.4. The van der Waals surface area contributed by atoms with Crippen molar-refractivity contribution in [1.29, 1.82) is 0 Å². The van der Waals surface area contributed by atoms with Gasteiger partial charge in [-0.15, -0.1) is 0 Å². The smallest absolute Gasteiger partial charge is 0.485 e. The molecule has 2 aromatic carbocycles. The molecule has 198 valence electrons. The van der Waals surface area contributed by atoms with E-state index in [9.17, 15) is 13.2 Å². The summed E-state index contributed by atoms with van der Waals surface area (Å²) in [6.45, 7) is 0. The van der Waals surface area contributed by atoms with Gasteiger partial charge in [-0.05, 0) is 30.4 Å². The van der Waals surface area contributed by atoms with Crippen molar-refractivity contribution in [2.45, 2.75) is 43.7 Å². The first-order valence-electron chi connectivity index (χ1n) is 12.4. The number of nitrogens with zero attached hydrogens (tertiary/aromatic N) is 2. The Kier molecular flexibility index (Phi) is 7.02. The molecule has 6 nitrogen and oxygen atoms in total. The highest BCUT2D eigenvalue weighted by molar-refractivity contribution is 7.86. The van der Waals surface area contributed by atoms with Gasteiger partial charge in [0.25, 0.3) is 5.82 Å². The van der Waals surface area contributed by atoms with Gasteiger partial charge < -0.3 is 4.55 Å². The number of rotatable bonds is 3. The van der Waals surface area contributed by atoms with Gasteiger partial charge >= 0.3 is 5.51 Å². The second kappa shape index (κ2) is 10.3. The molecule has 0 bridgehead atoms. The Hall–Kier alpha value is -3.63. The lowest BCUT2D eigenvalue weighted by molar-refractivity contribution is -0.494. The molecule has 5 aromatic rings. The summed E-state index contributed by atoms with van der Waals surface area (Å²) in [5.41, 5.74) is -0.727. The summed E-state index contributed by atoms with van der Waals surface area (Å²) in [5.74, 6) is 1.21. The Bertz CT molecular complexity index is 1690. The highest BCUT2D eigenvalue weighted by Gasteiger charge is 2.37. The second-order valence-corrected chi connectivity index (χ2v) is 10.7. The molecule has 0 aliphatic heterocycles. The SMILES string of the molecule is O=S(=O)([O-])C(F)(F)F.c1ccc(-c2cc3ccccc3c3c(NC4CCCCC4)[n+]4ccccc4n23)cc1. The van der Waals surface area contributed by atoms with Gasteiger partial charge in [0.1, 0.15) is 5.69 Å². The summed E-state index contributed by atoms with van der Waals surface area (Å²) in [6, 6.07) is 28.9. The van der Waals surface area contributed by atoms with Crippen LogP contribution in [-0.2, 0) is 10.1 Å². The lowest BCUT2D eigenvalue weighted by Crippen LogP contribution is -2.30. The van der Waals surface area contributed by atoms with Crippen molar-refractivity contribution in [1.82, 2.24) is 4.40 Å². The molecule has 1 aliphatic carbocycles. The molecule has 1 fully saturated rings. The van der Waals surface area contributed by atoms with Crippen molar-refractivity contribution in [3.05, 3.63) is 85.1 Å². The molecule has 1 N–H and O–H groups in total. The average molecular weight is 542 g/mol. The molecule has 1 saturated carbocycles. The van der Waals surface area contributed by atoms with Crippen LogP contribution in [0.1, 0.15) is 32.1 Å². The predicted octanol–water partition coefficient (Wildman–Crippen LogP) is 6.29. The van der Waals surface area contributed by atoms with Gasteiger partial charge in [-0.25, -0.2) is 17.2 Å². The van der Waals surface area contributed by atoms with E-state index in [1.54, 1.807) is 0 Å². The number of halogens is 3. The summed E-state index contributed by atoms with van der Waals surface area (Å²) in [4.78, 5) is 0. The van der Waals surface area contributed by atoms with Gasteiger partial charge in [0, 0.05) is 17.0 Å². The second-order valence-electron chi connectivity index (χ2n) is 9.32. The highest BCUT2D eigenvalue weighted by atomic mass is 32.2. The van der Waals surface area contributed by atoms with E-state index in [2.05, 4.69) is 99.2 Å². The molecule has 0 saturated heterocycles. The van der Waals surface area contributed by atoms with Crippen LogP contribution in [0.3, 0.4) is 0 Å². The van der Waals surface area contributed by atoms with Crippen LogP contribution < -0.4 is 9.72 Å². The molecule has 3 heterocycles. The molecule has 6 rings (SSSR count). The molecule has 0 spiro atoms. The van der Waals surface area contributed by atoms with E-state index in [0.717, 1.165) is 0 Å². The minimum Gasteiger partial charge on any atom is -0.741 e. The summed E-state index contributed by atoms with van der Waals surface area (Å²) in [5, 5.41) is 6.53. The average Bonchev–Trinajstić information content (AvgIpc) is 3.23. The van der Waals surface area contributed by atoms with E-state index in [1.165, 1.54) is 71.1 Å². The topological polar surface area (TPSA) is 77.7 Å². The van der Waals surface area contributed by atoms with Crippen LogP contribution in [0.25, 0.3) is 33.2 Å². The third-order valence-corrected chi connectivity index (χ3v) is 7.37. The molecule has 0 atom stereocenters. The number of benzene rings is 2. The summed E-state index contributed by atoms with van der Waals surface area (Å²) >= 11 is 0. The van der Waals surface area contributed by atoms with Crippen molar-refractivity contribution in [2.75, 3.05) is 5.32 Å². The number of anilines is 1. The standard InChI is InChI=1S/C27H26N3.CHF3O3S/c1-3-11-20(12-4-1)24-19-21-13-7-8-16-23(21)26-27(28-22-14-5-2-6-15-22)29-18-10-9-17-25(29)30(24)26;2-1(3,4)8(5,6)7/h1,3-4,7-13,16-19,22,28H,2,5-6,14-15H2;(H,5,6,7)/q+1;/p-1. The number of fused-ring (bicyclic) bond motifs is 5. The van der Waals surface area contributed by atoms with Crippen molar-refractivity contribution in [2.24, 2.45) is 0 Å². The Labute approximate surface area is 218 Å². The van der Waals surface area contributed by atoms with Gasteiger partial charge in [0.2, 0.25) is 5.65 Å². The first-order valence-corrected chi connectivity index (χ1v) is 13.8. The number of pyridine rings is 2. The fourth-order valence-electron chi connectivity index (χ4n) is 5.08. The number of hydrogen-bond donors (Lipinski definition) is 1. The van der Waals surface area contributed by atoms with Crippen LogP contribution in [-0.4, -0.2) is 28.9 Å². The van der Waals surface area contributed by atoms with E-state index in [0.29, 0.717) is 6.04 Å². The number of imidazole rings is 1. The maximum Gasteiger partial charge on any atom is 0.485 e. The first-order chi connectivity index (χ1) is 18.1. The number of nitrogens with one attached hydrogen (secondary N) is 1. The maximum atomic E-state index is 10.7. The van der Waals surface area contributed by atoms with Crippen LogP contribution in [0.2, 0.25) is 0 Å². The highest BCUT2D eigenvalue weighted by Crippen LogP contribution is 2.34. The molecule has 38 heavy (non-hydrogen) atoms.